The molecule has 3 rings (SSSR count). The van der Waals surface area contributed by atoms with Crippen molar-refractivity contribution in [3.05, 3.63) is 42.5 Å². The second kappa shape index (κ2) is 4.99. The Morgan fingerprint density at radius 3 is 2.61 bits per heavy atom. The lowest BCUT2D eigenvalue weighted by Gasteiger charge is -2.24. The lowest BCUT2D eigenvalue weighted by molar-refractivity contribution is 0.360. The summed E-state index contributed by atoms with van der Waals surface area (Å²) in [5, 5.41) is 2.72. The van der Waals surface area contributed by atoms with Gasteiger partial charge in [0.05, 0.1) is 0 Å². The Kier molecular flexibility index (Phi) is 3.20. The van der Waals surface area contributed by atoms with Gasteiger partial charge in [-0.25, -0.2) is 0 Å². The van der Waals surface area contributed by atoms with Crippen LogP contribution in [0.15, 0.2) is 42.5 Å². The number of likely N-dealkylation sites (N-methyl/N-ethyl adjacent to an activating group) is 1. The summed E-state index contributed by atoms with van der Waals surface area (Å²) in [6.45, 7) is 4.66. The van der Waals surface area contributed by atoms with Crippen LogP contribution in [0.5, 0.6) is 0 Å². The third-order valence-electron chi connectivity index (χ3n) is 3.83. The third kappa shape index (κ3) is 2.21. The first-order valence-electron chi connectivity index (χ1n) is 6.76. The van der Waals surface area contributed by atoms with Crippen molar-refractivity contribution in [2.24, 2.45) is 0 Å². The molecule has 0 amide bonds. The van der Waals surface area contributed by atoms with E-state index in [2.05, 4.69) is 59.3 Å². The number of hydrogen-bond donors (Lipinski definition) is 0. The number of anilines is 1. The Balaban J connectivity index is 1.98. The highest BCUT2D eigenvalue weighted by Gasteiger charge is 2.14. The van der Waals surface area contributed by atoms with Gasteiger partial charge in [0.1, 0.15) is 0 Å². The van der Waals surface area contributed by atoms with E-state index in [1.165, 1.54) is 36.0 Å². The minimum Gasteiger partial charge on any atom is -0.370 e. The largest absolute Gasteiger partial charge is 0.370 e. The highest BCUT2D eigenvalue weighted by Crippen LogP contribution is 2.27. The number of fused-ring (bicyclic) bond motifs is 1. The van der Waals surface area contributed by atoms with Gasteiger partial charge < -0.3 is 9.80 Å². The first-order valence-corrected chi connectivity index (χ1v) is 6.76. The van der Waals surface area contributed by atoms with E-state index >= 15 is 0 Å². The number of rotatable bonds is 1. The predicted molar refractivity (Wildman–Crippen MR) is 78.3 cm³/mol. The molecule has 1 heterocycles. The van der Waals surface area contributed by atoms with Gasteiger partial charge >= 0.3 is 0 Å². The molecule has 2 aromatic carbocycles. The van der Waals surface area contributed by atoms with E-state index in [1.807, 2.05) is 0 Å². The average Bonchev–Trinajstić information content (AvgIpc) is 2.63. The van der Waals surface area contributed by atoms with E-state index in [0.29, 0.717) is 0 Å². The fourth-order valence-electron chi connectivity index (χ4n) is 2.77. The molecule has 2 heteroatoms. The average molecular weight is 240 g/mol. The Morgan fingerprint density at radius 1 is 0.833 bits per heavy atom. The zero-order chi connectivity index (χ0) is 12.4. The fourth-order valence-corrected chi connectivity index (χ4v) is 2.77. The van der Waals surface area contributed by atoms with Gasteiger partial charge in [-0.05, 0) is 31.5 Å². The Morgan fingerprint density at radius 2 is 1.67 bits per heavy atom. The number of hydrogen-bond acceptors (Lipinski definition) is 2. The van der Waals surface area contributed by atoms with Crippen molar-refractivity contribution in [2.45, 2.75) is 6.42 Å². The minimum atomic E-state index is 1.13. The quantitative estimate of drug-likeness (QED) is 0.756. The Bertz CT molecular complexity index is 530. The molecule has 1 fully saturated rings. The van der Waals surface area contributed by atoms with Crippen LogP contribution < -0.4 is 4.90 Å². The lowest BCUT2D eigenvalue weighted by atomic mass is 10.1. The van der Waals surface area contributed by atoms with Crippen LogP contribution in [0.25, 0.3) is 10.8 Å². The van der Waals surface area contributed by atoms with Gasteiger partial charge in [-0.3, -0.25) is 0 Å². The molecule has 2 aromatic rings. The Labute approximate surface area is 109 Å². The van der Waals surface area contributed by atoms with Crippen molar-refractivity contribution in [3.8, 4) is 0 Å². The molecule has 1 aliphatic rings. The summed E-state index contributed by atoms with van der Waals surface area (Å²) in [6, 6.07) is 15.3. The normalized spacial score (nSPS) is 17.9. The van der Waals surface area contributed by atoms with Crippen molar-refractivity contribution < 1.29 is 0 Å². The smallest absolute Gasteiger partial charge is 0.0446 e. The molecular weight excluding hydrogens is 220 g/mol. The summed E-state index contributed by atoms with van der Waals surface area (Å²) in [6.07, 6.45) is 1.25. The molecule has 0 atom stereocenters. The molecule has 0 saturated carbocycles. The molecule has 0 unspecified atom stereocenters. The van der Waals surface area contributed by atoms with Gasteiger partial charge in [0, 0.05) is 30.7 Å². The number of nitrogens with zero attached hydrogens (tertiary/aromatic N) is 2. The third-order valence-corrected chi connectivity index (χ3v) is 3.83. The molecule has 0 aliphatic carbocycles. The van der Waals surface area contributed by atoms with Gasteiger partial charge in [-0.2, -0.15) is 0 Å². The fraction of sp³-hybridized carbons (Fsp3) is 0.375. The molecule has 0 aromatic heterocycles. The number of benzene rings is 2. The topological polar surface area (TPSA) is 6.48 Å². The zero-order valence-corrected chi connectivity index (χ0v) is 11.0. The highest BCUT2D eigenvalue weighted by molar-refractivity contribution is 5.94. The molecule has 0 spiro atoms. The van der Waals surface area contributed by atoms with Crippen LogP contribution in [-0.2, 0) is 0 Å². The van der Waals surface area contributed by atoms with Gasteiger partial charge in [-0.15, -0.1) is 0 Å². The van der Waals surface area contributed by atoms with E-state index in [-0.39, 0.29) is 0 Å². The van der Waals surface area contributed by atoms with Gasteiger partial charge in [0.2, 0.25) is 0 Å². The summed E-state index contributed by atoms with van der Waals surface area (Å²) in [7, 11) is 2.21. The second-order valence-electron chi connectivity index (χ2n) is 5.14. The van der Waals surface area contributed by atoms with Crippen LogP contribution in [0.1, 0.15) is 6.42 Å². The first-order chi connectivity index (χ1) is 8.84. The maximum absolute atomic E-state index is 2.53. The van der Waals surface area contributed by atoms with E-state index in [1.54, 1.807) is 0 Å². The summed E-state index contributed by atoms with van der Waals surface area (Å²) >= 11 is 0. The van der Waals surface area contributed by atoms with Crippen LogP contribution in [0, 0.1) is 0 Å². The minimum absolute atomic E-state index is 1.13. The standard InChI is InChI=1S/C16H20N2/c1-17-10-5-11-18(13-12-17)16-9-4-7-14-6-2-3-8-15(14)16/h2-4,6-9H,5,10-13H2,1H3. The lowest BCUT2D eigenvalue weighted by Crippen LogP contribution is -2.28. The van der Waals surface area contributed by atoms with Crippen molar-refractivity contribution in [1.82, 2.24) is 4.90 Å². The molecule has 2 nitrogen and oxygen atoms in total. The van der Waals surface area contributed by atoms with Crippen LogP contribution in [0.3, 0.4) is 0 Å². The molecule has 1 saturated heterocycles. The monoisotopic (exact) mass is 240 g/mol. The maximum atomic E-state index is 2.53. The van der Waals surface area contributed by atoms with E-state index in [4.69, 9.17) is 0 Å². The summed E-state index contributed by atoms with van der Waals surface area (Å²) in [5.41, 5.74) is 1.39. The summed E-state index contributed by atoms with van der Waals surface area (Å²) in [4.78, 5) is 4.96. The molecule has 0 radical (unpaired) electrons. The Hall–Kier alpha value is -1.54. The second-order valence-corrected chi connectivity index (χ2v) is 5.14. The molecule has 1 aliphatic heterocycles. The first kappa shape index (κ1) is 11.5. The molecule has 94 valence electrons. The van der Waals surface area contributed by atoms with Crippen LogP contribution in [0.2, 0.25) is 0 Å². The predicted octanol–water partition coefficient (Wildman–Crippen LogP) is 2.98. The van der Waals surface area contributed by atoms with Crippen LogP contribution in [-0.4, -0.2) is 38.1 Å². The van der Waals surface area contributed by atoms with Crippen LogP contribution >= 0.6 is 0 Å². The van der Waals surface area contributed by atoms with Gasteiger partial charge in [-0.1, -0.05) is 36.4 Å². The molecule has 0 bridgehead atoms. The highest BCUT2D eigenvalue weighted by atomic mass is 15.2. The van der Waals surface area contributed by atoms with E-state index < -0.39 is 0 Å². The van der Waals surface area contributed by atoms with Gasteiger partial charge in [0.15, 0.2) is 0 Å². The molecule has 0 N–H and O–H groups in total. The molecule has 18 heavy (non-hydrogen) atoms. The summed E-state index contributed by atoms with van der Waals surface area (Å²) < 4.78 is 0. The van der Waals surface area contributed by atoms with Crippen molar-refractivity contribution in [3.63, 3.8) is 0 Å². The van der Waals surface area contributed by atoms with E-state index in [0.717, 1.165) is 13.1 Å². The maximum Gasteiger partial charge on any atom is 0.0446 e. The van der Waals surface area contributed by atoms with Crippen molar-refractivity contribution >= 4 is 16.5 Å². The SMILES string of the molecule is CN1CCCN(c2cccc3ccccc23)CC1. The van der Waals surface area contributed by atoms with Crippen molar-refractivity contribution in [2.75, 3.05) is 38.1 Å². The van der Waals surface area contributed by atoms with Crippen molar-refractivity contribution in [1.29, 1.82) is 0 Å². The molecular formula is C16H20N2. The summed E-state index contributed by atoms with van der Waals surface area (Å²) in [5.74, 6) is 0. The van der Waals surface area contributed by atoms with Crippen LogP contribution in [0.4, 0.5) is 5.69 Å². The van der Waals surface area contributed by atoms with E-state index in [9.17, 15) is 0 Å². The zero-order valence-electron chi connectivity index (χ0n) is 11.0. The van der Waals surface area contributed by atoms with Gasteiger partial charge in [0.25, 0.3) is 0 Å².